The number of benzene rings is 1. The third-order valence-electron chi connectivity index (χ3n) is 3.11. The fourth-order valence-corrected chi connectivity index (χ4v) is 3.90. The number of hydrogen-bond acceptors (Lipinski definition) is 4. The molecule has 0 amide bonds. The van der Waals surface area contributed by atoms with Crippen LogP contribution in [0.4, 0.5) is 0 Å². The number of fused-ring (bicyclic) bond motifs is 1. The molecule has 3 nitrogen and oxygen atoms in total. The van der Waals surface area contributed by atoms with E-state index in [-0.39, 0.29) is 0 Å². The van der Waals surface area contributed by atoms with Crippen molar-refractivity contribution in [1.82, 2.24) is 0 Å². The van der Waals surface area contributed by atoms with Gasteiger partial charge in [0.25, 0.3) is 0 Å². The smallest absolute Gasteiger partial charge is 0.176 e. The number of ether oxygens (including phenoxy) is 1. The second-order valence-electron chi connectivity index (χ2n) is 4.43. The summed E-state index contributed by atoms with van der Waals surface area (Å²) in [6.07, 6.45) is 0. The highest BCUT2D eigenvalue weighted by Crippen LogP contribution is 2.39. The van der Waals surface area contributed by atoms with Gasteiger partial charge >= 0.3 is 0 Å². The van der Waals surface area contributed by atoms with Gasteiger partial charge in [0.2, 0.25) is 0 Å². The number of furan rings is 1. The zero-order valence-corrected chi connectivity index (χ0v) is 13.9. The van der Waals surface area contributed by atoms with E-state index in [9.17, 15) is 0 Å². The van der Waals surface area contributed by atoms with E-state index >= 15 is 0 Å². The van der Waals surface area contributed by atoms with Crippen molar-refractivity contribution in [3.05, 3.63) is 49.3 Å². The standard InChI is InChI=1S/C14H10Cl3NO2S/c1-19-10-4-7(15)2-6-3-9(20-13(6)10)12(18)8-5-11(16)21-14(8)17/h2-5,12H,18H2,1H3. The van der Waals surface area contributed by atoms with Crippen LogP contribution >= 0.6 is 46.1 Å². The first-order valence-corrected chi connectivity index (χ1v) is 7.92. The minimum atomic E-state index is -0.503. The fourth-order valence-electron chi connectivity index (χ4n) is 2.13. The van der Waals surface area contributed by atoms with Crippen molar-refractivity contribution in [3.63, 3.8) is 0 Å². The minimum absolute atomic E-state index is 0.503. The van der Waals surface area contributed by atoms with Gasteiger partial charge in [-0.2, -0.15) is 0 Å². The average molecular weight is 363 g/mol. The van der Waals surface area contributed by atoms with Crippen molar-refractivity contribution in [2.45, 2.75) is 6.04 Å². The van der Waals surface area contributed by atoms with E-state index in [1.807, 2.05) is 6.07 Å². The molecule has 1 atom stereocenters. The van der Waals surface area contributed by atoms with Gasteiger partial charge in [0, 0.05) is 22.0 Å². The van der Waals surface area contributed by atoms with Crippen molar-refractivity contribution >= 4 is 57.1 Å². The van der Waals surface area contributed by atoms with Crippen LogP contribution in [0.25, 0.3) is 11.0 Å². The second-order valence-corrected chi connectivity index (χ2v) is 7.15. The minimum Gasteiger partial charge on any atom is -0.493 e. The molecule has 7 heteroatoms. The van der Waals surface area contributed by atoms with Gasteiger partial charge in [-0.25, -0.2) is 0 Å². The molecule has 2 aromatic heterocycles. The number of hydrogen-bond donors (Lipinski definition) is 1. The summed E-state index contributed by atoms with van der Waals surface area (Å²) < 4.78 is 12.2. The summed E-state index contributed by atoms with van der Waals surface area (Å²) in [6, 6.07) is 6.56. The zero-order chi connectivity index (χ0) is 15.1. The number of rotatable bonds is 3. The van der Waals surface area contributed by atoms with Crippen molar-refractivity contribution in [2.24, 2.45) is 5.73 Å². The van der Waals surface area contributed by atoms with Gasteiger partial charge in [-0.3, -0.25) is 0 Å². The Morgan fingerprint density at radius 1 is 1.19 bits per heavy atom. The van der Waals surface area contributed by atoms with Gasteiger partial charge in [-0.05, 0) is 18.2 Å². The van der Waals surface area contributed by atoms with Crippen LogP contribution in [-0.4, -0.2) is 7.11 Å². The molecule has 0 saturated heterocycles. The summed E-state index contributed by atoms with van der Waals surface area (Å²) in [7, 11) is 1.56. The number of thiophene rings is 1. The third kappa shape index (κ3) is 2.74. The molecule has 3 rings (SSSR count). The quantitative estimate of drug-likeness (QED) is 0.668. The highest BCUT2D eigenvalue weighted by atomic mass is 35.5. The highest BCUT2D eigenvalue weighted by molar-refractivity contribution is 7.20. The zero-order valence-electron chi connectivity index (χ0n) is 10.8. The molecule has 1 unspecified atom stereocenters. The lowest BCUT2D eigenvalue weighted by Crippen LogP contribution is -2.10. The second kappa shape index (κ2) is 5.71. The molecule has 21 heavy (non-hydrogen) atoms. The molecule has 0 radical (unpaired) electrons. The van der Waals surface area contributed by atoms with Crippen LogP contribution in [0.1, 0.15) is 17.4 Å². The SMILES string of the molecule is COc1cc(Cl)cc2cc(C(N)c3cc(Cl)sc3Cl)oc12. The summed E-state index contributed by atoms with van der Waals surface area (Å²) in [5.41, 5.74) is 7.55. The number of halogens is 3. The Balaban J connectivity index is 2.10. The predicted molar refractivity (Wildman–Crippen MR) is 88.1 cm³/mol. The van der Waals surface area contributed by atoms with Gasteiger partial charge in [-0.15, -0.1) is 11.3 Å². The first-order valence-electron chi connectivity index (χ1n) is 5.97. The van der Waals surface area contributed by atoms with E-state index in [1.165, 1.54) is 11.3 Å². The van der Waals surface area contributed by atoms with Crippen molar-refractivity contribution < 1.29 is 9.15 Å². The lowest BCUT2D eigenvalue weighted by atomic mass is 10.1. The molecule has 2 heterocycles. The first kappa shape index (κ1) is 15.0. The maximum atomic E-state index is 6.22. The molecule has 0 fully saturated rings. The Bertz CT molecular complexity index is 812. The summed E-state index contributed by atoms with van der Waals surface area (Å²) in [5.74, 6) is 1.13. The fraction of sp³-hybridized carbons (Fsp3) is 0.143. The van der Waals surface area contributed by atoms with Gasteiger partial charge in [0.15, 0.2) is 11.3 Å². The van der Waals surface area contributed by atoms with E-state index in [4.69, 9.17) is 49.7 Å². The highest BCUT2D eigenvalue weighted by Gasteiger charge is 2.20. The van der Waals surface area contributed by atoms with Crippen molar-refractivity contribution in [1.29, 1.82) is 0 Å². The van der Waals surface area contributed by atoms with Gasteiger partial charge in [-0.1, -0.05) is 34.8 Å². The van der Waals surface area contributed by atoms with Crippen LogP contribution in [0.3, 0.4) is 0 Å². The molecular weight excluding hydrogens is 353 g/mol. The van der Waals surface area contributed by atoms with Gasteiger partial charge < -0.3 is 14.9 Å². The molecule has 1 aromatic carbocycles. The van der Waals surface area contributed by atoms with Crippen LogP contribution in [0.2, 0.25) is 13.7 Å². The van der Waals surface area contributed by atoms with E-state index in [1.54, 1.807) is 25.3 Å². The van der Waals surface area contributed by atoms with Gasteiger partial charge in [0.05, 0.1) is 21.8 Å². The Labute approximate surface area is 140 Å². The van der Waals surface area contributed by atoms with E-state index in [2.05, 4.69) is 0 Å². The summed E-state index contributed by atoms with van der Waals surface area (Å²) in [5, 5.41) is 1.39. The maximum Gasteiger partial charge on any atom is 0.176 e. The lowest BCUT2D eigenvalue weighted by molar-refractivity contribution is 0.406. The topological polar surface area (TPSA) is 48.4 Å². The summed E-state index contributed by atoms with van der Waals surface area (Å²) in [4.78, 5) is 0. The third-order valence-corrected chi connectivity index (χ3v) is 4.85. The maximum absolute atomic E-state index is 6.22. The largest absolute Gasteiger partial charge is 0.493 e. The van der Waals surface area contributed by atoms with Crippen molar-refractivity contribution in [2.75, 3.05) is 7.11 Å². The normalized spacial score (nSPS) is 12.8. The predicted octanol–water partition coefficient (Wildman–Crippen LogP) is 5.51. The molecule has 3 aromatic rings. The lowest BCUT2D eigenvalue weighted by Gasteiger charge is -2.07. The molecule has 110 valence electrons. The Morgan fingerprint density at radius 2 is 1.95 bits per heavy atom. The summed E-state index contributed by atoms with van der Waals surface area (Å²) >= 11 is 19.4. The summed E-state index contributed by atoms with van der Waals surface area (Å²) in [6.45, 7) is 0. The monoisotopic (exact) mass is 361 g/mol. The molecule has 0 aliphatic heterocycles. The van der Waals surface area contributed by atoms with Crippen LogP contribution < -0.4 is 10.5 Å². The molecule has 2 N–H and O–H groups in total. The van der Waals surface area contributed by atoms with Gasteiger partial charge in [0.1, 0.15) is 5.76 Å². The van der Waals surface area contributed by atoms with E-state index in [0.29, 0.717) is 30.8 Å². The molecule has 0 spiro atoms. The Morgan fingerprint density at radius 3 is 2.57 bits per heavy atom. The van der Waals surface area contributed by atoms with E-state index < -0.39 is 6.04 Å². The average Bonchev–Trinajstić information content (AvgIpc) is 3.00. The Hall–Kier alpha value is -0.910. The molecule has 0 aliphatic carbocycles. The van der Waals surface area contributed by atoms with Crippen LogP contribution in [0, 0.1) is 0 Å². The molecular formula is C14H10Cl3NO2S. The van der Waals surface area contributed by atoms with Crippen LogP contribution in [0.15, 0.2) is 28.7 Å². The molecule has 0 bridgehead atoms. The van der Waals surface area contributed by atoms with Crippen molar-refractivity contribution in [3.8, 4) is 5.75 Å². The van der Waals surface area contributed by atoms with E-state index in [0.717, 1.165) is 10.9 Å². The molecule has 0 saturated carbocycles. The van der Waals surface area contributed by atoms with Crippen LogP contribution in [0.5, 0.6) is 5.75 Å². The number of nitrogens with two attached hydrogens (primary N) is 1. The molecule has 0 aliphatic rings. The number of methoxy groups -OCH3 is 1. The Kier molecular flexibility index (Phi) is 4.08. The van der Waals surface area contributed by atoms with Crippen LogP contribution in [-0.2, 0) is 0 Å². The first-order chi connectivity index (χ1) is 9.99.